The van der Waals surface area contributed by atoms with Crippen molar-refractivity contribution in [2.24, 2.45) is 35.0 Å². The fraction of sp³-hybridized carbons (Fsp3) is 0.950. The van der Waals surface area contributed by atoms with Gasteiger partial charge in [-0.15, -0.1) is 0 Å². The van der Waals surface area contributed by atoms with Gasteiger partial charge >= 0.3 is 0 Å². The Morgan fingerprint density at radius 1 is 1.00 bits per heavy atom. The van der Waals surface area contributed by atoms with Crippen LogP contribution in [0.15, 0.2) is 0 Å². The van der Waals surface area contributed by atoms with Gasteiger partial charge < -0.3 is 0 Å². The highest BCUT2D eigenvalue weighted by atomic mass is 14.5. The van der Waals surface area contributed by atoms with E-state index in [1.165, 1.54) is 64.2 Å². The minimum Gasteiger partial charge on any atom is -0.198 e. The van der Waals surface area contributed by atoms with Crippen molar-refractivity contribution in [1.29, 1.82) is 5.26 Å². The van der Waals surface area contributed by atoms with Gasteiger partial charge in [-0.25, -0.2) is 0 Å². The van der Waals surface area contributed by atoms with Gasteiger partial charge in [0.15, 0.2) is 0 Å². The van der Waals surface area contributed by atoms with Crippen molar-refractivity contribution in [1.82, 2.24) is 0 Å². The molecule has 0 radical (unpaired) electrons. The van der Waals surface area contributed by atoms with Gasteiger partial charge in [-0.2, -0.15) is 5.26 Å². The lowest BCUT2D eigenvalue weighted by Gasteiger charge is -2.52. The van der Waals surface area contributed by atoms with Crippen LogP contribution in [0.4, 0.5) is 0 Å². The normalized spacial score (nSPS) is 46.2. The summed E-state index contributed by atoms with van der Waals surface area (Å²) >= 11 is 0. The van der Waals surface area contributed by atoms with Gasteiger partial charge in [0.05, 0.1) is 11.5 Å². The van der Waals surface area contributed by atoms with Crippen LogP contribution in [0.3, 0.4) is 0 Å². The van der Waals surface area contributed by atoms with Gasteiger partial charge in [0, 0.05) is 0 Å². The SMILES string of the molecule is CCC[C@@]1(C#N)CCC2C(CCC3C[C@@H](CC)CCC32)C1. The van der Waals surface area contributed by atoms with E-state index in [0.29, 0.717) is 0 Å². The van der Waals surface area contributed by atoms with E-state index in [2.05, 4.69) is 19.9 Å². The Hall–Kier alpha value is -0.510. The molecule has 3 aliphatic rings. The predicted octanol–water partition coefficient (Wildman–Crippen LogP) is 5.95. The summed E-state index contributed by atoms with van der Waals surface area (Å²) in [4.78, 5) is 0. The maximum atomic E-state index is 9.71. The molecular formula is C20H33N. The molecular weight excluding hydrogens is 254 g/mol. The number of rotatable bonds is 3. The second-order valence-electron chi connectivity index (χ2n) is 8.40. The van der Waals surface area contributed by atoms with Gasteiger partial charge in [0.2, 0.25) is 0 Å². The highest BCUT2D eigenvalue weighted by molar-refractivity contribution is 5.06. The van der Waals surface area contributed by atoms with Crippen LogP contribution in [-0.4, -0.2) is 0 Å². The Balaban J connectivity index is 1.68. The lowest BCUT2D eigenvalue weighted by atomic mass is 9.52. The fourth-order valence-electron chi connectivity index (χ4n) is 6.26. The first-order valence-corrected chi connectivity index (χ1v) is 9.62. The molecule has 21 heavy (non-hydrogen) atoms. The van der Waals surface area contributed by atoms with Crippen molar-refractivity contribution < 1.29 is 0 Å². The maximum Gasteiger partial charge on any atom is 0.0689 e. The Morgan fingerprint density at radius 3 is 2.48 bits per heavy atom. The van der Waals surface area contributed by atoms with Crippen molar-refractivity contribution in [3.63, 3.8) is 0 Å². The van der Waals surface area contributed by atoms with E-state index in [0.717, 1.165) is 36.0 Å². The van der Waals surface area contributed by atoms with Crippen molar-refractivity contribution in [3.8, 4) is 6.07 Å². The molecule has 3 saturated carbocycles. The summed E-state index contributed by atoms with van der Waals surface area (Å²) in [5.41, 5.74) is 0.0450. The van der Waals surface area contributed by atoms with Gasteiger partial charge in [-0.1, -0.05) is 33.1 Å². The second-order valence-corrected chi connectivity index (χ2v) is 8.40. The summed E-state index contributed by atoms with van der Waals surface area (Å²) in [7, 11) is 0. The zero-order valence-corrected chi connectivity index (χ0v) is 14.1. The lowest BCUT2D eigenvalue weighted by molar-refractivity contribution is -0.0171. The fourth-order valence-corrected chi connectivity index (χ4v) is 6.26. The van der Waals surface area contributed by atoms with Crippen LogP contribution in [0, 0.1) is 46.3 Å². The first-order chi connectivity index (χ1) is 10.2. The smallest absolute Gasteiger partial charge is 0.0689 e. The molecule has 3 fully saturated rings. The van der Waals surface area contributed by atoms with Gasteiger partial charge in [0.1, 0.15) is 0 Å². The molecule has 0 bridgehead atoms. The summed E-state index contributed by atoms with van der Waals surface area (Å²) in [6.07, 6.45) is 14.9. The molecule has 3 aliphatic carbocycles. The Bertz CT molecular complexity index is 395. The topological polar surface area (TPSA) is 23.8 Å². The van der Waals surface area contributed by atoms with Crippen molar-refractivity contribution in [2.75, 3.05) is 0 Å². The Morgan fingerprint density at radius 2 is 1.76 bits per heavy atom. The lowest BCUT2D eigenvalue weighted by Crippen LogP contribution is -2.43. The molecule has 0 aromatic heterocycles. The van der Waals surface area contributed by atoms with E-state index in [4.69, 9.17) is 0 Å². The molecule has 1 nitrogen and oxygen atoms in total. The van der Waals surface area contributed by atoms with E-state index >= 15 is 0 Å². The average Bonchev–Trinajstić information content (AvgIpc) is 2.54. The molecule has 0 N–H and O–H groups in total. The van der Waals surface area contributed by atoms with Gasteiger partial charge in [-0.3, -0.25) is 0 Å². The molecule has 0 aromatic carbocycles. The summed E-state index contributed by atoms with van der Waals surface area (Å²) in [6, 6.07) is 2.74. The second kappa shape index (κ2) is 6.31. The minimum atomic E-state index is 0.0450. The van der Waals surface area contributed by atoms with Crippen LogP contribution in [0.2, 0.25) is 0 Å². The average molecular weight is 287 g/mol. The van der Waals surface area contributed by atoms with Crippen LogP contribution in [0.5, 0.6) is 0 Å². The molecule has 6 atom stereocenters. The van der Waals surface area contributed by atoms with E-state index in [9.17, 15) is 5.26 Å². The summed E-state index contributed by atoms with van der Waals surface area (Å²) in [5.74, 6) is 4.92. The quantitative estimate of drug-likeness (QED) is 0.629. The van der Waals surface area contributed by atoms with Crippen molar-refractivity contribution in [3.05, 3.63) is 0 Å². The molecule has 1 heteroatoms. The Labute approximate surface area is 131 Å². The third-order valence-electron chi connectivity index (χ3n) is 7.37. The maximum absolute atomic E-state index is 9.71. The number of nitrogens with zero attached hydrogens (tertiary/aromatic N) is 1. The zero-order chi connectivity index (χ0) is 14.9. The van der Waals surface area contributed by atoms with E-state index in [-0.39, 0.29) is 5.41 Å². The number of nitriles is 1. The van der Waals surface area contributed by atoms with Crippen molar-refractivity contribution >= 4 is 0 Å². The molecule has 0 amide bonds. The molecule has 0 heterocycles. The molecule has 4 unspecified atom stereocenters. The predicted molar refractivity (Wildman–Crippen MR) is 87.6 cm³/mol. The summed E-state index contributed by atoms with van der Waals surface area (Å²) in [5, 5.41) is 9.71. The van der Waals surface area contributed by atoms with Gasteiger partial charge in [-0.05, 0) is 81.0 Å². The summed E-state index contributed by atoms with van der Waals surface area (Å²) in [6.45, 7) is 4.62. The van der Waals surface area contributed by atoms with Crippen LogP contribution < -0.4 is 0 Å². The monoisotopic (exact) mass is 287 g/mol. The largest absolute Gasteiger partial charge is 0.198 e. The minimum absolute atomic E-state index is 0.0450. The molecule has 3 rings (SSSR count). The highest BCUT2D eigenvalue weighted by Crippen LogP contribution is 2.56. The van der Waals surface area contributed by atoms with E-state index in [1.54, 1.807) is 0 Å². The van der Waals surface area contributed by atoms with Gasteiger partial charge in [0.25, 0.3) is 0 Å². The number of hydrogen-bond acceptors (Lipinski definition) is 1. The highest BCUT2D eigenvalue weighted by Gasteiger charge is 2.48. The first kappa shape index (κ1) is 15.4. The Kier molecular flexibility index (Phi) is 4.63. The first-order valence-electron chi connectivity index (χ1n) is 9.62. The van der Waals surface area contributed by atoms with Crippen LogP contribution in [0.25, 0.3) is 0 Å². The van der Waals surface area contributed by atoms with Crippen LogP contribution in [0.1, 0.15) is 84.5 Å². The van der Waals surface area contributed by atoms with Crippen LogP contribution >= 0.6 is 0 Å². The van der Waals surface area contributed by atoms with E-state index in [1.807, 2.05) is 0 Å². The van der Waals surface area contributed by atoms with Crippen molar-refractivity contribution in [2.45, 2.75) is 84.5 Å². The molecule has 0 aliphatic heterocycles. The number of hydrogen-bond donors (Lipinski definition) is 0. The zero-order valence-electron chi connectivity index (χ0n) is 14.1. The molecule has 0 spiro atoms. The summed E-state index contributed by atoms with van der Waals surface area (Å²) < 4.78 is 0. The third kappa shape index (κ3) is 2.88. The third-order valence-corrected chi connectivity index (χ3v) is 7.37. The molecule has 0 aromatic rings. The standard InChI is InChI=1S/C20H33N/c1-3-10-20(14-21)11-9-19-17(13-20)7-6-16-12-15(4-2)5-8-18(16)19/h15-19H,3-13H2,1-2H3/t15-,16?,17?,18?,19?,20+/m0/s1. The molecule has 118 valence electrons. The number of fused-ring (bicyclic) bond motifs is 3. The van der Waals surface area contributed by atoms with E-state index < -0.39 is 0 Å². The van der Waals surface area contributed by atoms with Crippen LogP contribution in [-0.2, 0) is 0 Å². The molecule has 0 saturated heterocycles.